The van der Waals surface area contributed by atoms with Gasteiger partial charge in [0.1, 0.15) is 12.2 Å². The summed E-state index contributed by atoms with van der Waals surface area (Å²) >= 11 is 0. The molecule has 2 aromatic rings. The van der Waals surface area contributed by atoms with E-state index in [1.54, 1.807) is 30.3 Å². The van der Waals surface area contributed by atoms with Gasteiger partial charge in [-0.05, 0) is 5.56 Å². The number of nitrogens with zero attached hydrogens (tertiary/aromatic N) is 1. The Hall–Kier alpha value is -2.29. The van der Waals surface area contributed by atoms with E-state index in [9.17, 15) is 26.3 Å². The van der Waals surface area contributed by atoms with Gasteiger partial charge >= 0.3 is 12.4 Å². The fourth-order valence-electron chi connectivity index (χ4n) is 2.03. The lowest BCUT2D eigenvalue weighted by Gasteiger charge is -2.20. The van der Waals surface area contributed by atoms with Gasteiger partial charge < -0.3 is 10.5 Å². The van der Waals surface area contributed by atoms with E-state index in [1.807, 2.05) is 0 Å². The van der Waals surface area contributed by atoms with Crippen LogP contribution in [0.15, 0.2) is 42.7 Å². The zero-order valence-electron chi connectivity index (χ0n) is 12.0. The first-order valence-corrected chi connectivity index (χ1v) is 6.66. The van der Waals surface area contributed by atoms with Gasteiger partial charge in [-0.3, -0.25) is 4.98 Å². The van der Waals surface area contributed by atoms with Crippen LogP contribution in [-0.4, -0.2) is 11.6 Å². The van der Waals surface area contributed by atoms with Crippen molar-refractivity contribution in [2.45, 2.75) is 18.4 Å². The topological polar surface area (TPSA) is 48.1 Å². The standard InChI is InChI=1S/C15H12F6N2O/c16-14(17,18)10-6-23-7-12(13(10)15(19,20)21)24-8-11(22)9-4-2-1-3-5-9/h1-7,11H,8,22H2. The third-order valence-corrected chi connectivity index (χ3v) is 3.15. The predicted octanol–water partition coefficient (Wildman–Crippen LogP) is 4.20. The molecule has 0 amide bonds. The second-order valence-electron chi connectivity index (χ2n) is 4.88. The SMILES string of the molecule is NC(COc1cncc(C(F)(F)F)c1C(F)(F)F)c1ccccc1. The predicted molar refractivity (Wildman–Crippen MR) is 73.1 cm³/mol. The lowest BCUT2D eigenvalue weighted by Crippen LogP contribution is -2.22. The Morgan fingerprint density at radius 1 is 0.958 bits per heavy atom. The van der Waals surface area contributed by atoms with Gasteiger partial charge in [0, 0.05) is 6.20 Å². The van der Waals surface area contributed by atoms with E-state index in [0.717, 1.165) is 0 Å². The first kappa shape index (κ1) is 18.1. The number of hydrogen-bond donors (Lipinski definition) is 1. The third-order valence-electron chi connectivity index (χ3n) is 3.15. The number of hydrogen-bond acceptors (Lipinski definition) is 3. The average Bonchev–Trinajstić information content (AvgIpc) is 2.51. The van der Waals surface area contributed by atoms with E-state index in [2.05, 4.69) is 4.98 Å². The highest BCUT2D eigenvalue weighted by molar-refractivity contribution is 5.41. The van der Waals surface area contributed by atoms with Crippen molar-refractivity contribution in [1.29, 1.82) is 0 Å². The van der Waals surface area contributed by atoms with Crippen LogP contribution < -0.4 is 10.5 Å². The Morgan fingerprint density at radius 3 is 2.12 bits per heavy atom. The molecule has 1 aromatic heterocycles. The second-order valence-corrected chi connectivity index (χ2v) is 4.88. The molecule has 0 spiro atoms. The zero-order chi connectivity index (χ0) is 18.0. The van der Waals surface area contributed by atoms with Crippen LogP contribution in [0.4, 0.5) is 26.3 Å². The minimum Gasteiger partial charge on any atom is -0.489 e. The van der Waals surface area contributed by atoms with Crippen molar-refractivity contribution in [1.82, 2.24) is 4.98 Å². The lowest BCUT2D eigenvalue weighted by molar-refractivity contribution is -0.163. The molecule has 0 fully saturated rings. The van der Waals surface area contributed by atoms with Crippen LogP contribution in [0.3, 0.4) is 0 Å². The third kappa shape index (κ3) is 4.16. The van der Waals surface area contributed by atoms with Gasteiger partial charge in [-0.25, -0.2) is 0 Å². The molecule has 0 radical (unpaired) electrons. The summed E-state index contributed by atoms with van der Waals surface area (Å²) in [5.74, 6) is -1.01. The van der Waals surface area contributed by atoms with E-state index >= 15 is 0 Å². The minimum absolute atomic E-state index is 0.118. The number of alkyl halides is 6. The molecule has 24 heavy (non-hydrogen) atoms. The van der Waals surface area contributed by atoms with Crippen molar-refractivity contribution >= 4 is 0 Å². The summed E-state index contributed by atoms with van der Waals surface area (Å²) in [5.41, 5.74) is 2.54. The number of pyridine rings is 1. The first-order valence-electron chi connectivity index (χ1n) is 6.66. The first-order chi connectivity index (χ1) is 11.1. The fraction of sp³-hybridized carbons (Fsp3) is 0.267. The molecule has 1 atom stereocenters. The molecule has 9 heteroatoms. The van der Waals surface area contributed by atoms with Crippen LogP contribution in [0.2, 0.25) is 0 Å². The molecule has 0 bridgehead atoms. The van der Waals surface area contributed by atoms with Gasteiger partial charge in [0.2, 0.25) is 0 Å². The molecular weight excluding hydrogens is 338 g/mol. The summed E-state index contributed by atoms with van der Waals surface area (Å²) < 4.78 is 82.5. The van der Waals surface area contributed by atoms with E-state index in [1.165, 1.54) is 0 Å². The number of ether oxygens (including phenoxy) is 1. The number of nitrogens with two attached hydrogens (primary N) is 1. The molecule has 1 aromatic carbocycles. The van der Waals surface area contributed by atoms with Crippen LogP contribution in [-0.2, 0) is 12.4 Å². The van der Waals surface area contributed by atoms with Gasteiger partial charge in [-0.15, -0.1) is 0 Å². The van der Waals surface area contributed by atoms with Gasteiger partial charge in [0.25, 0.3) is 0 Å². The Labute approximate surface area is 133 Å². The maximum absolute atomic E-state index is 13.0. The van der Waals surface area contributed by atoms with E-state index in [0.29, 0.717) is 11.8 Å². The number of aromatic nitrogens is 1. The summed E-state index contributed by atoms with van der Waals surface area (Å²) in [4.78, 5) is 3.19. The minimum atomic E-state index is -5.25. The van der Waals surface area contributed by atoms with E-state index in [-0.39, 0.29) is 6.20 Å². The highest BCUT2D eigenvalue weighted by Crippen LogP contribution is 2.44. The Kier molecular flexibility index (Phi) is 5.02. The van der Waals surface area contributed by atoms with Gasteiger partial charge in [-0.2, -0.15) is 26.3 Å². The molecule has 130 valence electrons. The van der Waals surface area contributed by atoms with Gasteiger partial charge in [0.05, 0.1) is 17.8 Å². The number of benzene rings is 1. The highest BCUT2D eigenvalue weighted by atomic mass is 19.4. The van der Waals surface area contributed by atoms with Crippen molar-refractivity contribution in [3.05, 3.63) is 59.4 Å². The molecule has 2 N–H and O–H groups in total. The Bertz CT molecular complexity index is 685. The average molecular weight is 350 g/mol. The second kappa shape index (κ2) is 6.68. The van der Waals surface area contributed by atoms with Gasteiger partial charge in [-0.1, -0.05) is 30.3 Å². The summed E-state index contributed by atoms with van der Waals surface area (Å²) in [7, 11) is 0. The smallest absolute Gasteiger partial charge is 0.420 e. The maximum atomic E-state index is 13.0. The quantitative estimate of drug-likeness (QED) is 0.841. The molecule has 0 saturated heterocycles. The summed E-state index contributed by atoms with van der Waals surface area (Å²) in [6, 6.07) is 7.51. The summed E-state index contributed by atoms with van der Waals surface area (Å²) in [6.07, 6.45) is -9.75. The molecule has 1 unspecified atom stereocenters. The molecular formula is C15H12F6N2O. The highest BCUT2D eigenvalue weighted by Gasteiger charge is 2.46. The van der Waals surface area contributed by atoms with Crippen LogP contribution >= 0.6 is 0 Å². The van der Waals surface area contributed by atoms with Crippen LogP contribution in [0.5, 0.6) is 5.75 Å². The van der Waals surface area contributed by atoms with E-state index in [4.69, 9.17) is 10.5 Å². The monoisotopic (exact) mass is 350 g/mol. The van der Waals surface area contributed by atoms with Gasteiger partial charge in [0.15, 0.2) is 5.75 Å². The molecule has 0 aliphatic heterocycles. The number of halogens is 6. The van der Waals surface area contributed by atoms with Crippen LogP contribution in [0.1, 0.15) is 22.7 Å². The normalized spacial score (nSPS) is 13.6. The van der Waals surface area contributed by atoms with Crippen molar-refractivity contribution < 1.29 is 31.1 Å². The molecule has 2 rings (SSSR count). The zero-order valence-corrected chi connectivity index (χ0v) is 12.0. The van der Waals surface area contributed by atoms with Crippen LogP contribution in [0, 0.1) is 0 Å². The molecule has 1 heterocycles. The Balaban J connectivity index is 2.30. The van der Waals surface area contributed by atoms with E-state index < -0.39 is 41.9 Å². The summed E-state index contributed by atoms with van der Waals surface area (Å²) in [5, 5.41) is 0. The van der Waals surface area contributed by atoms with Crippen molar-refractivity contribution in [2.24, 2.45) is 5.73 Å². The van der Waals surface area contributed by atoms with Crippen molar-refractivity contribution in [3.8, 4) is 5.75 Å². The maximum Gasteiger partial charge on any atom is 0.420 e. The van der Waals surface area contributed by atoms with Crippen molar-refractivity contribution in [2.75, 3.05) is 6.61 Å². The van der Waals surface area contributed by atoms with Crippen LogP contribution in [0.25, 0.3) is 0 Å². The molecule has 3 nitrogen and oxygen atoms in total. The molecule has 0 saturated carbocycles. The summed E-state index contributed by atoms with van der Waals surface area (Å²) in [6.45, 7) is -0.434. The van der Waals surface area contributed by atoms with Crippen molar-refractivity contribution in [3.63, 3.8) is 0 Å². The molecule has 0 aliphatic carbocycles. The fourth-order valence-corrected chi connectivity index (χ4v) is 2.03. The molecule has 0 aliphatic rings. The Morgan fingerprint density at radius 2 is 1.58 bits per heavy atom. The lowest BCUT2D eigenvalue weighted by atomic mass is 10.1. The largest absolute Gasteiger partial charge is 0.489 e. The number of rotatable bonds is 4.